The molecule has 3 nitrogen and oxygen atoms in total. The first-order chi connectivity index (χ1) is 8.27. The Balaban J connectivity index is 2.00. The number of aromatic nitrogens is 1. The van der Waals surface area contributed by atoms with E-state index in [1.54, 1.807) is 0 Å². The second kappa shape index (κ2) is 5.34. The van der Waals surface area contributed by atoms with Gasteiger partial charge in [-0.1, -0.05) is 30.4 Å². The molecule has 3 heteroatoms. The molecule has 2 aromatic rings. The maximum absolute atomic E-state index is 10.7. The molecule has 0 aliphatic carbocycles. The molecule has 17 heavy (non-hydrogen) atoms. The molecule has 0 atom stereocenters. The summed E-state index contributed by atoms with van der Waals surface area (Å²) in [5.74, 6) is 0.0184. The summed E-state index contributed by atoms with van der Waals surface area (Å²) in [4.78, 5) is 13.9. The van der Waals surface area contributed by atoms with Crippen LogP contribution in [-0.2, 0) is 4.79 Å². The number of nitrogens with one attached hydrogen (secondary N) is 2. The number of rotatable bonds is 4. The van der Waals surface area contributed by atoms with Crippen LogP contribution in [0, 0.1) is 0 Å². The Hall–Kier alpha value is -2.03. The van der Waals surface area contributed by atoms with E-state index in [2.05, 4.69) is 40.7 Å². The smallest absolute Gasteiger partial charge is 0.216 e. The van der Waals surface area contributed by atoms with Crippen molar-refractivity contribution in [3.63, 3.8) is 0 Å². The van der Waals surface area contributed by atoms with Crippen LogP contribution in [-0.4, -0.2) is 17.4 Å². The van der Waals surface area contributed by atoms with Gasteiger partial charge in [0.1, 0.15) is 0 Å². The molecule has 2 N–H and O–H groups in total. The van der Waals surface area contributed by atoms with Gasteiger partial charge in [0.05, 0.1) is 5.52 Å². The van der Waals surface area contributed by atoms with Gasteiger partial charge in [0.25, 0.3) is 0 Å². The monoisotopic (exact) mass is 228 g/mol. The first kappa shape index (κ1) is 11.5. The third-order valence-corrected chi connectivity index (χ3v) is 2.60. The molecule has 1 aromatic carbocycles. The lowest BCUT2D eigenvalue weighted by Crippen LogP contribution is -2.20. The zero-order valence-corrected chi connectivity index (χ0v) is 9.86. The molecule has 0 saturated heterocycles. The van der Waals surface area contributed by atoms with Gasteiger partial charge >= 0.3 is 0 Å². The fraction of sp³-hybridized carbons (Fsp3) is 0.214. The van der Waals surface area contributed by atoms with Crippen molar-refractivity contribution in [3.05, 3.63) is 42.1 Å². The highest BCUT2D eigenvalue weighted by molar-refractivity contribution is 5.87. The van der Waals surface area contributed by atoms with Gasteiger partial charge in [-0.25, -0.2) is 0 Å². The lowest BCUT2D eigenvalue weighted by molar-refractivity contribution is -0.118. The van der Waals surface area contributed by atoms with E-state index < -0.39 is 0 Å². The molecule has 0 radical (unpaired) electrons. The predicted molar refractivity (Wildman–Crippen MR) is 70.6 cm³/mol. The minimum absolute atomic E-state index is 0.0184. The number of fused-ring (bicyclic) bond motifs is 1. The Morgan fingerprint density at radius 3 is 3.12 bits per heavy atom. The van der Waals surface area contributed by atoms with Crippen molar-refractivity contribution in [1.29, 1.82) is 0 Å². The summed E-state index contributed by atoms with van der Waals surface area (Å²) in [5, 5.41) is 3.98. The molecule has 88 valence electrons. The first-order valence-electron chi connectivity index (χ1n) is 5.74. The molecule has 0 unspecified atom stereocenters. The van der Waals surface area contributed by atoms with Crippen molar-refractivity contribution in [2.75, 3.05) is 6.54 Å². The van der Waals surface area contributed by atoms with Gasteiger partial charge in [-0.15, -0.1) is 0 Å². The van der Waals surface area contributed by atoms with Crippen LogP contribution >= 0.6 is 0 Å². The Morgan fingerprint density at radius 2 is 2.29 bits per heavy atom. The van der Waals surface area contributed by atoms with E-state index in [0.717, 1.165) is 11.9 Å². The van der Waals surface area contributed by atoms with E-state index >= 15 is 0 Å². The van der Waals surface area contributed by atoms with E-state index in [4.69, 9.17) is 0 Å². The summed E-state index contributed by atoms with van der Waals surface area (Å²) in [6.45, 7) is 2.22. The molecule has 0 fully saturated rings. The number of hydrogen-bond donors (Lipinski definition) is 2. The second-order valence-corrected chi connectivity index (χ2v) is 3.96. The van der Waals surface area contributed by atoms with Gasteiger partial charge < -0.3 is 10.3 Å². The van der Waals surface area contributed by atoms with Crippen molar-refractivity contribution in [2.24, 2.45) is 0 Å². The lowest BCUT2D eigenvalue weighted by atomic mass is 10.1. The predicted octanol–water partition coefficient (Wildman–Crippen LogP) is 2.71. The SMILES string of the molecule is CC(=O)NCCC=Cc1cccc2cc[nH]c12. The topological polar surface area (TPSA) is 44.9 Å². The van der Waals surface area contributed by atoms with E-state index in [-0.39, 0.29) is 5.91 Å². The molecular weight excluding hydrogens is 212 g/mol. The Labute approximate surface area is 101 Å². The fourth-order valence-corrected chi connectivity index (χ4v) is 1.79. The van der Waals surface area contributed by atoms with E-state index in [9.17, 15) is 4.79 Å². The third kappa shape index (κ3) is 2.97. The normalized spacial score (nSPS) is 11.1. The van der Waals surface area contributed by atoms with Gasteiger partial charge in [-0.2, -0.15) is 0 Å². The maximum atomic E-state index is 10.7. The van der Waals surface area contributed by atoms with Crippen molar-refractivity contribution in [2.45, 2.75) is 13.3 Å². The van der Waals surface area contributed by atoms with Gasteiger partial charge in [0.15, 0.2) is 0 Å². The standard InChI is InChI=1S/C14H16N2O/c1-11(17)15-9-3-2-5-12-6-4-7-13-8-10-16-14(12)13/h2,4-8,10,16H,3,9H2,1H3,(H,15,17). The quantitative estimate of drug-likeness (QED) is 0.776. The Morgan fingerprint density at radius 1 is 1.41 bits per heavy atom. The van der Waals surface area contributed by atoms with E-state index in [1.165, 1.54) is 17.9 Å². The van der Waals surface area contributed by atoms with Crippen molar-refractivity contribution in [1.82, 2.24) is 10.3 Å². The van der Waals surface area contributed by atoms with Crippen LogP contribution in [0.25, 0.3) is 17.0 Å². The molecule has 0 bridgehead atoms. The molecule has 0 aliphatic rings. The van der Waals surface area contributed by atoms with Crippen LogP contribution < -0.4 is 5.32 Å². The van der Waals surface area contributed by atoms with Gasteiger partial charge in [-0.3, -0.25) is 4.79 Å². The van der Waals surface area contributed by atoms with Crippen molar-refractivity contribution in [3.8, 4) is 0 Å². The first-order valence-corrected chi connectivity index (χ1v) is 5.74. The molecule has 1 aromatic heterocycles. The van der Waals surface area contributed by atoms with Gasteiger partial charge in [-0.05, 0) is 23.4 Å². The van der Waals surface area contributed by atoms with Crippen LogP contribution in [0.3, 0.4) is 0 Å². The largest absolute Gasteiger partial charge is 0.361 e. The summed E-state index contributed by atoms with van der Waals surface area (Å²) >= 11 is 0. The minimum Gasteiger partial charge on any atom is -0.361 e. The number of hydrogen-bond acceptors (Lipinski definition) is 1. The summed E-state index contributed by atoms with van der Waals surface area (Å²) in [6.07, 6.45) is 6.95. The average Bonchev–Trinajstić information content (AvgIpc) is 2.77. The lowest BCUT2D eigenvalue weighted by Gasteiger charge is -1.98. The number of carbonyl (C=O) groups excluding carboxylic acids is 1. The summed E-state index contributed by atoms with van der Waals surface area (Å²) in [5.41, 5.74) is 2.33. The van der Waals surface area contributed by atoms with Crippen LogP contribution in [0.15, 0.2) is 36.5 Å². The van der Waals surface area contributed by atoms with E-state index in [0.29, 0.717) is 6.54 Å². The van der Waals surface area contributed by atoms with Crippen molar-refractivity contribution < 1.29 is 4.79 Å². The minimum atomic E-state index is 0.0184. The van der Waals surface area contributed by atoms with Gasteiger partial charge in [0.2, 0.25) is 5.91 Å². The third-order valence-electron chi connectivity index (χ3n) is 2.60. The summed E-state index contributed by atoms with van der Waals surface area (Å²) in [6, 6.07) is 8.27. The Kier molecular flexibility index (Phi) is 3.60. The maximum Gasteiger partial charge on any atom is 0.216 e. The van der Waals surface area contributed by atoms with Crippen LogP contribution in [0.2, 0.25) is 0 Å². The molecule has 2 rings (SSSR count). The van der Waals surface area contributed by atoms with Crippen LogP contribution in [0.4, 0.5) is 0 Å². The molecule has 0 aliphatic heterocycles. The number of amides is 1. The van der Waals surface area contributed by atoms with Crippen molar-refractivity contribution >= 4 is 22.9 Å². The molecule has 1 amide bonds. The average molecular weight is 228 g/mol. The Bertz CT molecular complexity index is 540. The number of benzene rings is 1. The number of aromatic amines is 1. The fourth-order valence-electron chi connectivity index (χ4n) is 1.79. The highest BCUT2D eigenvalue weighted by atomic mass is 16.1. The highest BCUT2D eigenvalue weighted by Gasteiger charge is 1.97. The van der Waals surface area contributed by atoms with Crippen LogP contribution in [0.5, 0.6) is 0 Å². The summed E-state index contributed by atoms with van der Waals surface area (Å²) in [7, 11) is 0. The second-order valence-electron chi connectivity index (χ2n) is 3.96. The van der Waals surface area contributed by atoms with E-state index in [1.807, 2.05) is 12.3 Å². The molecule has 0 spiro atoms. The van der Waals surface area contributed by atoms with Gasteiger partial charge in [0, 0.05) is 19.7 Å². The van der Waals surface area contributed by atoms with Crippen LogP contribution in [0.1, 0.15) is 18.9 Å². The molecular formula is C14H16N2O. The highest BCUT2D eigenvalue weighted by Crippen LogP contribution is 2.18. The zero-order chi connectivity index (χ0) is 12.1. The number of H-pyrrole nitrogens is 1. The zero-order valence-electron chi connectivity index (χ0n) is 9.86. The molecule has 1 heterocycles. The number of carbonyl (C=O) groups is 1. The number of para-hydroxylation sites is 1. The molecule has 0 saturated carbocycles. The summed E-state index contributed by atoms with van der Waals surface area (Å²) < 4.78 is 0.